The van der Waals surface area contributed by atoms with Crippen molar-refractivity contribution in [3.63, 3.8) is 0 Å². The Morgan fingerprint density at radius 2 is 1.76 bits per heavy atom. The largest absolute Gasteiger partial charge is 0.443 e. The molecule has 0 aliphatic carbocycles. The fourth-order valence-electron chi connectivity index (χ4n) is 2.12. The van der Waals surface area contributed by atoms with Crippen molar-refractivity contribution in [3.8, 4) is 0 Å². The van der Waals surface area contributed by atoms with Gasteiger partial charge in [-0.2, -0.15) is 0 Å². The lowest BCUT2D eigenvalue weighted by Crippen LogP contribution is -2.26. The summed E-state index contributed by atoms with van der Waals surface area (Å²) in [6.45, 7) is 12.1. The van der Waals surface area contributed by atoms with E-state index in [1.807, 2.05) is 26.8 Å². The van der Waals surface area contributed by atoms with Crippen molar-refractivity contribution in [1.82, 2.24) is 4.57 Å². The number of ether oxygens (including phenoxy) is 1. The van der Waals surface area contributed by atoms with Gasteiger partial charge in [0.15, 0.2) is 0 Å². The van der Waals surface area contributed by atoms with Crippen LogP contribution in [0.5, 0.6) is 0 Å². The first-order chi connectivity index (χ1) is 9.49. The number of benzene rings is 1. The minimum absolute atomic E-state index is 0.0711. The van der Waals surface area contributed by atoms with Crippen LogP contribution in [0.2, 0.25) is 0 Å². The van der Waals surface area contributed by atoms with Crippen LogP contribution in [0.1, 0.15) is 47.1 Å². The van der Waals surface area contributed by atoms with Gasteiger partial charge in [0.05, 0.1) is 5.52 Å². The molecule has 0 aliphatic rings. The number of hydrogen-bond donors (Lipinski definition) is 0. The van der Waals surface area contributed by atoms with Crippen molar-refractivity contribution in [2.24, 2.45) is 0 Å². The molecule has 1 aromatic heterocycles. The Hall–Kier alpha value is -1.29. The maximum absolute atomic E-state index is 12.3. The van der Waals surface area contributed by atoms with Crippen LogP contribution in [0.25, 0.3) is 10.9 Å². The second-order valence-corrected chi connectivity index (χ2v) is 8.16. The summed E-state index contributed by atoms with van der Waals surface area (Å²) < 4.78 is 7.90. The predicted octanol–water partition coefficient (Wildman–Crippen LogP) is 5.48. The molecule has 2 rings (SSSR count). The zero-order chi connectivity index (χ0) is 16.0. The summed E-state index contributed by atoms with van der Waals surface area (Å²) >= 11 is 3.54. The van der Waals surface area contributed by atoms with Crippen molar-refractivity contribution in [3.05, 3.63) is 34.4 Å². The third kappa shape index (κ3) is 3.49. The van der Waals surface area contributed by atoms with Crippen LogP contribution in [0.3, 0.4) is 0 Å². The molecule has 0 bridgehead atoms. The lowest BCUT2D eigenvalue weighted by molar-refractivity contribution is 0.0544. The van der Waals surface area contributed by atoms with E-state index in [9.17, 15) is 4.79 Å². The highest BCUT2D eigenvalue weighted by Gasteiger charge is 2.21. The van der Waals surface area contributed by atoms with Crippen LogP contribution in [0.4, 0.5) is 4.79 Å². The van der Waals surface area contributed by atoms with Gasteiger partial charge in [-0.25, -0.2) is 4.79 Å². The molecule has 2 aromatic rings. The molecule has 114 valence electrons. The molecule has 1 heterocycles. The van der Waals surface area contributed by atoms with Gasteiger partial charge in [0, 0.05) is 16.1 Å². The summed E-state index contributed by atoms with van der Waals surface area (Å²) in [7, 11) is 0. The van der Waals surface area contributed by atoms with E-state index in [4.69, 9.17) is 4.74 Å². The molecule has 3 nitrogen and oxygen atoms in total. The van der Waals surface area contributed by atoms with Gasteiger partial charge < -0.3 is 4.74 Å². The van der Waals surface area contributed by atoms with E-state index in [1.54, 1.807) is 10.8 Å². The molecular weight excluding hydrogens is 330 g/mol. The Morgan fingerprint density at radius 3 is 2.29 bits per heavy atom. The third-order valence-electron chi connectivity index (χ3n) is 3.21. The molecule has 0 saturated heterocycles. The fraction of sp³-hybridized carbons (Fsp3) is 0.471. The van der Waals surface area contributed by atoms with Crippen molar-refractivity contribution in [2.75, 3.05) is 0 Å². The number of nitrogens with zero attached hydrogens (tertiary/aromatic N) is 1. The molecule has 0 amide bonds. The smallest absolute Gasteiger partial charge is 0.419 e. The van der Waals surface area contributed by atoms with Gasteiger partial charge in [-0.1, -0.05) is 26.8 Å². The highest BCUT2D eigenvalue weighted by molar-refractivity contribution is 9.10. The fourth-order valence-corrected chi connectivity index (χ4v) is 2.64. The molecule has 0 saturated carbocycles. The number of rotatable bonds is 0. The molecule has 0 unspecified atom stereocenters. The van der Waals surface area contributed by atoms with Crippen LogP contribution in [0, 0.1) is 0 Å². The summed E-state index contributed by atoms with van der Waals surface area (Å²) in [4.78, 5) is 12.3. The van der Waals surface area contributed by atoms with Gasteiger partial charge in [0.25, 0.3) is 0 Å². The topological polar surface area (TPSA) is 31.2 Å². The lowest BCUT2D eigenvalue weighted by atomic mass is 9.86. The summed E-state index contributed by atoms with van der Waals surface area (Å²) in [6, 6.07) is 6.17. The number of aromatic nitrogens is 1. The molecule has 0 spiro atoms. The molecule has 4 heteroatoms. The Morgan fingerprint density at radius 1 is 1.14 bits per heavy atom. The van der Waals surface area contributed by atoms with Crippen molar-refractivity contribution >= 4 is 32.9 Å². The first-order valence-electron chi connectivity index (χ1n) is 7.03. The van der Waals surface area contributed by atoms with E-state index >= 15 is 0 Å². The van der Waals surface area contributed by atoms with Gasteiger partial charge in [-0.15, -0.1) is 0 Å². The van der Waals surface area contributed by atoms with Crippen LogP contribution < -0.4 is 0 Å². The molecule has 0 atom stereocenters. The van der Waals surface area contributed by atoms with Crippen LogP contribution in [-0.4, -0.2) is 16.3 Å². The van der Waals surface area contributed by atoms with Crippen molar-refractivity contribution in [1.29, 1.82) is 0 Å². The number of carbonyl (C=O) groups is 1. The van der Waals surface area contributed by atoms with Crippen LogP contribution >= 0.6 is 15.9 Å². The molecule has 0 radical (unpaired) electrons. The normalized spacial score (nSPS) is 12.7. The first kappa shape index (κ1) is 16.1. The van der Waals surface area contributed by atoms with E-state index in [-0.39, 0.29) is 11.5 Å². The predicted molar refractivity (Wildman–Crippen MR) is 90.0 cm³/mol. The molecule has 0 fully saturated rings. The van der Waals surface area contributed by atoms with Crippen molar-refractivity contribution < 1.29 is 9.53 Å². The molecule has 0 aliphatic heterocycles. The van der Waals surface area contributed by atoms with Gasteiger partial charge in [-0.05, 0) is 59.8 Å². The van der Waals surface area contributed by atoms with Crippen LogP contribution in [0.15, 0.2) is 28.9 Å². The second kappa shape index (κ2) is 5.16. The van der Waals surface area contributed by atoms with E-state index in [1.165, 1.54) is 5.56 Å². The standard InChI is InChI=1S/C17H22BrNO2/c1-16(2,3)11-7-8-14-12(9-11)13(18)10-19(14)15(20)21-17(4,5)6/h7-10H,1-6H3. The number of hydrogen-bond acceptors (Lipinski definition) is 2. The van der Waals surface area contributed by atoms with Gasteiger partial charge in [0.1, 0.15) is 5.60 Å². The molecule has 1 aromatic carbocycles. The third-order valence-corrected chi connectivity index (χ3v) is 3.84. The quantitative estimate of drug-likeness (QED) is 0.628. The zero-order valence-corrected chi connectivity index (χ0v) is 15.0. The summed E-state index contributed by atoms with van der Waals surface area (Å²) in [5.74, 6) is 0. The highest BCUT2D eigenvalue weighted by atomic mass is 79.9. The Labute approximate surface area is 134 Å². The average Bonchev–Trinajstić information content (AvgIpc) is 2.63. The van der Waals surface area contributed by atoms with Gasteiger partial charge >= 0.3 is 6.09 Å². The minimum atomic E-state index is -0.508. The van der Waals surface area contributed by atoms with Gasteiger partial charge in [-0.3, -0.25) is 4.57 Å². The second-order valence-electron chi connectivity index (χ2n) is 7.31. The number of carbonyl (C=O) groups excluding carboxylic acids is 1. The van der Waals surface area contributed by atoms with E-state index < -0.39 is 5.60 Å². The molecular formula is C17H22BrNO2. The number of fused-ring (bicyclic) bond motifs is 1. The molecule has 21 heavy (non-hydrogen) atoms. The van der Waals surface area contributed by atoms with E-state index in [2.05, 4.69) is 48.8 Å². The highest BCUT2D eigenvalue weighted by Crippen LogP contribution is 2.32. The first-order valence-corrected chi connectivity index (χ1v) is 7.83. The monoisotopic (exact) mass is 351 g/mol. The number of halogens is 1. The Bertz CT molecular complexity index is 687. The lowest BCUT2D eigenvalue weighted by Gasteiger charge is -2.20. The zero-order valence-electron chi connectivity index (χ0n) is 13.5. The van der Waals surface area contributed by atoms with Crippen molar-refractivity contribution in [2.45, 2.75) is 52.6 Å². The van der Waals surface area contributed by atoms with E-state index in [0.717, 1.165) is 15.4 Å². The SMILES string of the molecule is CC(C)(C)OC(=O)n1cc(Br)c2cc(C(C)(C)C)ccc21. The van der Waals surface area contributed by atoms with Gasteiger partial charge in [0.2, 0.25) is 0 Å². The Balaban J connectivity index is 2.52. The Kier molecular flexibility index (Phi) is 3.96. The average molecular weight is 352 g/mol. The molecule has 0 N–H and O–H groups in total. The summed E-state index contributed by atoms with van der Waals surface area (Å²) in [5, 5.41) is 1.02. The van der Waals surface area contributed by atoms with Crippen LogP contribution in [-0.2, 0) is 10.2 Å². The van der Waals surface area contributed by atoms with E-state index in [0.29, 0.717) is 0 Å². The summed E-state index contributed by atoms with van der Waals surface area (Å²) in [5.41, 5.74) is 1.65. The summed E-state index contributed by atoms with van der Waals surface area (Å²) in [6.07, 6.45) is 1.41. The minimum Gasteiger partial charge on any atom is -0.443 e. The maximum Gasteiger partial charge on any atom is 0.419 e. The maximum atomic E-state index is 12.3.